The van der Waals surface area contributed by atoms with Crippen LogP contribution in [0.5, 0.6) is 0 Å². The van der Waals surface area contributed by atoms with Crippen LogP contribution in [0.3, 0.4) is 0 Å². The standard InChI is InChI=1S/C20H30NO4P/c1-18(2,3)23-17(22)21-11-10-14-12-16(9-8-15(14)13-21)26-24-19(4,5)20(6,7)25-26/h8-9,12H,10-11,13H2,1-7H3. The van der Waals surface area contributed by atoms with Crippen LogP contribution < -0.4 is 5.30 Å². The summed E-state index contributed by atoms with van der Waals surface area (Å²) < 4.78 is 17.9. The average Bonchev–Trinajstić information content (AvgIpc) is 2.72. The van der Waals surface area contributed by atoms with E-state index in [4.69, 9.17) is 13.8 Å². The third-order valence-corrected chi connectivity index (χ3v) is 7.08. The van der Waals surface area contributed by atoms with E-state index in [0.29, 0.717) is 13.1 Å². The SMILES string of the molecule is CC(C)(C)OC(=O)N1CCc2cc(P3OC(C)(C)C(C)(C)O3)ccc2C1. The Balaban J connectivity index is 1.73. The van der Waals surface area contributed by atoms with Crippen molar-refractivity contribution in [2.75, 3.05) is 6.54 Å². The number of ether oxygens (including phenoxy) is 1. The maximum absolute atomic E-state index is 12.3. The molecule has 0 spiro atoms. The van der Waals surface area contributed by atoms with Gasteiger partial charge in [0.05, 0.1) is 11.2 Å². The number of nitrogens with zero attached hydrogens (tertiary/aromatic N) is 1. The number of benzene rings is 1. The summed E-state index contributed by atoms with van der Waals surface area (Å²) in [7, 11) is -1.08. The van der Waals surface area contributed by atoms with Gasteiger partial charge in [-0.15, -0.1) is 0 Å². The van der Waals surface area contributed by atoms with Gasteiger partial charge in [0.1, 0.15) is 5.60 Å². The number of fused-ring (bicyclic) bond motifs is 1. The first-order valence-electron chi connectivity index (χ1n) is 9.16. The van der Waals surface area contributed by atoms with Gasteiger partial charge in [0.25, 0.3) is 0 Å². The predicted octanol–water partition coefficient (Wildman–Crippen LogP) is 4.52. The summed E-state index contributed by atoms with van der Waals surface area (Å²) in [5, 5.41) is 1.10. The van der Waals surface area contributed by atoms with Gasteiger partial charge in [0, 0.05) is 18.4 Å². The van der Waals surface area contributed by atoms with Gasteiger partial charge in [-0.05, 0) is 78.1 Å². The summed E-state index contributed by atoms with van der Waals surface area (Å²) in [6.07, 6.45) is 0.570. The molecule has 1 aromatic rings. The van der Waals surface area contributed by atoms with Crippen LogP contribution in [0.4, 0.5) is 4.79 Å². The molecule has 2 aliphatic rings. The van der Waals surface area contributed by atoms with Crippen molar-refractivity contribution < 1.29 is 18.6 Å². The van der Waals surface area contributed by atoms with E-state index in [2.05, 4.69) is 45.9 Å². The van der Waals surface area contributed by atoms with Gasteiger partial charge in [-0.25, -0.2) is 4.79 Å². The van der Waals surface area contributed by atoms with Gasteiger partial charge in [0.15, 0.2) is 0 Å². The van der Waals surface area contributed by atoms with Crippen molar-refractivity contribution in [3.05, 3.63) is 29.3 Å². The molecule has 0 unspecified atom stereocenters. The number of carbonyl (C=O) groups excluding carboxylic acids is 1. The molecule has 1 amide bonds. The van der Waals surface area contributed by atoms with Crippen molar-refractivity contribution >= 4 is 19.8 Å². The molecule has 3 rings (SSSR count). The summed E-state index contributed by atoms with van der Waals surface area (Å²) in [6, 6.07) is 6.35. The van der Waals surface area contributed by atoms with E-state index in [1.165, 1.54) is 11.1 Å². The van der Waals surface area contributed by atoms with Gasteiger partial charge in [-0.1, -0.05) is 6.07 Å². The summed E-state index contributed by atoms with van der Waals surface area (Å²) in [5.41, 5.74) is 1.32. The van der Waals surface area contributed by atoms with Gasteiger partial charge in [-0.2, -0.15) is 0 Å². The molecule has 0 saturated carbocycles. The number of hydrogen-bond donors (Lipinski definition) is 0. The zero-order valence-electron chi connectivity index (χ0n) is 16.9. The maximum atomic E-state index is 12.3. The highest BCUT2D eigenvalue weighted by Gasteiger charge is 2.50. The lowest BCUT2D eigenvalue weighted by molar-refractivity contribution is 0.00578. The third kappa shape index (κ3) is 3.90. The molecule has 1 fully saturated rings. The van der Waals surface area contributed by atoms with Gasteiger partial charge in [0.2, 0.25) is 8.38 Å². The van der Waals surface area contributed by atoms with E-state index in [1.54, 1.807) is 4.90 Å². The highest BCUT2D eigenvalue weighted by molar-refractivity contribution is 7.56. The molecule has 0 bridgehead atoms. The van der Waals surface area contributed by atoms with Crippen LogP contribution in [0, 0.1) is 0 Å². The van der Waals surface area contributed by atoms with Crippen LogP contribution in [0.1, 0.15) is 59.6 Å². The second kappa shape index (κ2) is 6.47. The molecule has 0 radical (unpaired) electrons. The predicted molar refractivity (Wildman–Crippen MR) is 104 cm³/mol. The van der Waals surface area contributed by atoms with Crippen LogP contribution in [-0.2, 0) is 26.7 Å². The first-order valence-corrected chi connectivity index (χ1v) is 10.3. The first kappa shape index (κ1) is 19.6. The molecule has 0 aromatic heterocycles. The molecular weight excluding hydrogens is 349 g/mol. The van der Waals surface area contributed by atoms with Crippen LogP contribution in [-0.4, -0.2) is 34.3 Å². The zero-order valence-corrected chi connectivity index (χ0v) is 17.8. The Kier molecular flexibility index (Phi) is 4.88. The molecule has 5 nitrogen and oxygen atoms in total. The summed E-state index contributed by atoms with van der Waals surface area (Å²) in [5.74, 6) is 0. The monoisotopic (exact) mass is 379 g/mol. The van der Waals surface area contributed by atoms with Gasteiger partial charge >= 0.3 is 6.09 Å². The molecular formula is C20H30NO4P. The quantitative estimate of drug-likeness (QED) is 0.673. The maximum Gasteiger partial charge on any atom is 0.410 e. The molecule has 0 aliphatic carbocycles. The number of amides is 1. The van der Waals surface area contributed by atoms with Crippen molar-refractivity contribution in [2.45, 2.75) is 78.2 Å². The Hall–Kier alpha value is -1.16. The number of hydrogen-bond acceptors (Lipinski definition) is 4. The summed E-state index contributed by atoms with van der Waals surface area (Å²) >= 11 is 0. The summed E-state index contributed by atoms with van der Waals surface area (Å²) in [6.45, 7) is 15.2. The fourth-order valence-corrected chi connectivity index (χ4v) is 4.87. The largest absolute Gasteiger partial charge is 0.444 e. The van der Waals surface area contributed by atoms with Crippen LogP contribution in [0.2, 0.25) is 0 Å². The van der Waals surface area contributed by atoms with E-state index in [1.807, 2.05) is 20.8 Å². The van der Waals surface area contributed by atoms with Crippen molar-refractivity contribution in [3.63, 3.8) is 0 Å². The highest BCUT2D eigenvalue weighted by atomic mass is 31.2. The molecule has 26 heavy (non-hydrogen) atoms. The normalized spacial score (nSPS) is 22.2. The molecule has 0 N–H and O–H groups in total. The van der Waals surface area contributed by atoms with E-state index in [-0.39, 0.29) is 17.3 Å². The Morgan fingerprint density at radius 2 is 1.73 bits per heavy atom. The Morgan fingerprint density at radius 1 is 1.12 bits per heavy atom. The van der Waals surface area contributed by atoms with Gasteiger partial charge < -0.3 is 18.7 Å². The number of rotatable bonds is 1. The molecule has 0 atom stereocenters. The fourth-order valence-electron chi connectivity index (χ4n) is 2.89. The highest BCUT2D eigenvalue weighted by Crippen LogP contribution is 2.57. The van der Waals surface area contributed by atoms with Crippen LogP contribution in [0.25, 0.3) is 0 Å². The Morgan fingerprint density at radius 3 is 2.31 bits per heavy atom. The zero-order chi connectivity index (χ0) is 19.3. The first-order chi connectivity index (χ1) is 11.9. The minimum Gasteiger partial charge on any atom is -0.444 e. The summed E-state index contributed by atoms with van der Waals surface area (Å²) in [4.78, 5) is 14.1. The van der Waals surface area contributed by atoms with Crippen molar-refractivity contribution in [1.82, 2.24) is 4.90 Å². The fraction of sp³-hybridized carbons (Fsp3) is 0.650. The smallest absolute Gasteiger partial charge is 0.410 e. The Bertz CT molecular complexity index is 692. The van der Waals surface area contributed by atoms with Crippen molar-refractivity contribution in [2.24, 2.45) is 0 Å². The van der Waals surface area contributed by atoms with Crippen LogP contribution in [0.15, 0.2) is 18.2 Å². The third-order valence-electron chi connectivity index (χ3n) is 5.14. The van der Waals surface area contributed by atoms with Crippen molar-refractivity contribution in [3.8, 4) is 0 Å². The van der Waals surface area contributed by atoms with E-state index in [0.717, 1.165) is 11.7 Å². The van der Waals surface area contributed by atoms with Crippen molar-refractivity contribution in [1.29, 1.82) is 0 Å². The molecule has 1 aromatic carbocycles. The van der Waals surface area contributed by atoms with Crippen LogP contribution >= 0.6 is 8.38 Å². The van der Waals surface area contributed by atoms with Gasteiger partial charge in [-0.3, -0.25) is 0 Å². The van der Waals surface area contributed by atoms with E-state index >= 15 is 0 Å². The topological polar surface area (TPSA) is 48.0 Å². The minimum absolute atomic E-state index is 0.248. The number of carbonyl (C=O) groups is 1. The molecule has 144 valence electrons. The Labute approximate surface area is 157 Å². The molecule has 1 saturated heterocycles. The second-order valence-electron chi connectivity index (χ2n) is 9.07. The second-order valence-corrected chi connectivity index (χ2v) is 10.5. The minimum atomic E-state index is -1.08. The molecule has 2 heterocycles. The lowest BCUT2D eigenvalue weighted by Crippen LogP contribution is -2.41. The lowest BCUT2D eigenvalue weighted by Gasteiger charge is -2.31. The lowest BCUT2D eigenvalue weighted by atomic mass is 9.90. The van der Waals surface area contributed by atoms with E-state index in [9.17, 15) is 4.79 Å². The average molecular weight is 379 g/mol. The van der Waals surface area contributed by atoms with E-state index < -0.39 is 14.0 Å². The molecule has 2 aliphatic heterocycles. The molecule has 6 heteroatoms.